The van der Waals surface area contributed by atoms with E-state index in [9.17, 15) is 0 Å². The van der Waals surface area contributed by atoms with E-state index in [1.165, 1.54) is 5.56 Å². The van der Waals surface area contributed by atoms with Gasteiger partial charge in [0.25, 0.3) is 0 Å². The molecule has 0 fully saturated rings. The summed E-state index contributed by atoms with van der Waals surface area (Å²) < 4.78 is 1.03. The standard InChI is InChI=1S/C11H13BrN2/c12-11-9(4-3-5-10(11)13)8-14-6-1-2-7-14/h1-5H,6-8,13H2. The van der Waals surface area contributed by atoms with Gasteiger partial charge in [-0.2, -0.15) is 0 Å². The molecule has 0 unspecified atom stereocenters. The molecule has 0 spiro atoms. The number of hydrogen-bond acceptors (Lipinski definition) is 2. The fourth-order valence-corrected chi connectivity index (χ4v) is 2.00. The summed E-state index contributed by atoms with van der Waals surface area (Å²) in [4.78, 5) is 2.36. The van der Waals surface area contributed by atoms with Crippen molar-refractivity contribution < 1.29 is 0 Å². The minimum atomic E-state index is 0.814. The van der Waals surface area contributed by atoms with E-state index in [-0.39, 0.29) is 0 Å². The van der Waals surface area contributed by atoms with E-state index in [4.69, 9.17) is 5.73 Å². The van der Waals surface area contributed by atoms with Gasteiger partial charge in [0.1, 0.15) is 0 Å². The van der Waals surface area contributed by atoms with Gasteiger partial charge < -0.3 is 5.73 Å². The lowest BCUT2D eigenvalue weighted by atomic mass is 10.2. The van der Waals surface area contributed by atoms with Crippen LogP contribution in [0.5, 0.6) is 0 Å². The van der Waals surface area contributed by atoms with E-state index in [2.05, 4.69) is 39.0 Å². The summed E-state index contributed by atoms with van der Waals surface area (Å²) in [6.07, 6.45) is 4.39. The molecule has 1 heterocycles. The van der Waals surface area contributed by atoms with Crippen LogP contribution in [0.2, 0.25) is 0 Å². The molecule has 1 aliphatic rings. The normalized spacial score (nSPS) is 16.4. The number of halogens is 1. The van der Waals surface area contributed by atoms with Crippen LogP contribution in [0.25, 0.3) is 0 Å². The number of hydrogen-bond donors (Lipinski definition) is 1. The van der Waals surface area contributed by atoms with Crippen molar-refractivity contribution in [3.63, 3.8) is 0 Å². The van der Waals surface area contributed by atoms with Gasteiger partial charge in [0.15, 0.2) is 0 Å². The van der Waals surface area contributed by atoms with Crippen LogP contribution in [0.4, 0.5) is 5.69 Å². The second kappa shape index (κ2) is 4.15. The topological polar surface area (TPSA) is 29.3 Å². The average Bonchev–Trinajstić information content (AvgIpc) is 2.66. The Morgan fingerprint density at radius 3 is 2.71 bits per heavy atom. The molecule has 0 radical (unpaired) electrons. The molecular formula is C11H13BrN2. The molecule has 1 aliphatic heterocycles. The smallest absolute Gasteiger partial charge is 0.0461 e. The molecular weight excluding hydrogens is 240 g/mol. The lowest BCUT2D eigenvalue weighted by Crippen LogP contribution is -2.19. The second-order valence-electron chi connectivity index (χ2n) is 3.49. The molecule has 1 aromatic rings. The Balaban J connectivity index is 2.12. The van der Waals surface area contributed by atoms with Crippen LogP contribution >= 0.6 is 15.9 Å². The molecule has 1 aromatic carbocycles. The third-order valence-corrected chi connectivity index (χ3v) is 3.36. The molecule has 2 rings (SSSR count). The lowest BCUT2D eigenvalue weighted by Gasteiger charge is -2.16. The first-order valence-electron chi connectivity index (χ1n) is 4.67. The number of benzene rings is 1. The largest absolute Gasteiger partial charge is 0.398 e. The first-order valence-corrected chi connectivity index (χ1v) is 5.47. The van der Waals surface area contributed by atoms with Crippen LogP contribution in [-0.4, -0.2) is 18.0 Å². The van der Waals surface area contributed by atoms with Crippen LogP contribution in [0.3, 0.4) is 0 Å². The van der Waals surface area contributed by atoms with Gasteiger partial charge in [0.05, 0.1) is 0 Å². The number of anilines is 1. The maximum absolute atomic E-state index is 5.81. The van der Waals surface area contributed by atoms with Crippen molar-refractivity contribution in [3.05, 3.63) is 40.4 Å². The van der Waals surface area contributed by atoms with Gasteiger partial charge in [-0.3, -0.25) is 4.90 Å². The molecule has 0 bridgehead atoms. The average molecular weight is 253 g/mol. The van der Waals surface area contributed by atoms with Crippen molar-refractivity contribution in [1.29, 1.82) is 0 Å². The number of nitrogens with two attached hydrogens (primary N) is 1. The predicted octanol–water partition coefficient (Wildman–Crippen LogP) is 2.40. The molecule has 0 aliphatic carbocycles. The molecule has 0 atom stereocenters. The number of nitrogens with zero attached hydrogens (tertiary/aromatic N) is 1. The molecule has 14 heavy (non-hydrogen) atoms. The highest BCUT2D eigenvalue weighted by molar-refractivity contribution is 9.10. The van der Waals surface area contributed by atoms with Gasteiger partial charge in [-0.1, -0.05) is 24.3 Å². The van der Waals surface area contributed by atoms with Crippen molar-refractivity contribution >= 4 is 21.6 Å². The molecule has 2 N–H and O–H groups in total. The summed E-state index contributed by atoms with van der Waals surface area (Å²) in [5.74, 6) is 0. The second-order valence-corrected chi connectivity index (χ2v) is 4.28. The molecule has 2 nitrogen and oxygen atoms in total. The van der Waals surface area contributed by atoms with Crippen molar-refractivity contribution in [3.8, 4) is 0 Å². The van der Waals surface area contributed by atoms with E-state index in [1.807, 2.05) is 12.1 Å². The van der Waals surface area contributed by atoms with E-state index in [1.54, 1.807) is 0 Å². The van der Waals surface area contributed by atoms with Crippen LogP contribution in [0, 0.1) is 0 Å². The first-order chi connectivity index (χ1) is 6.77. The Hall–Kier alpha value is -0.800. The molecule has 74 valence electrons. The van der Waals surface area contributed by atoms with Gasteiger partial charge in [0, 0.05) is 29.8 Å². The summed E-state index contributed by atoms with van der Waals surface area (Å²) in [6.45, 7) is 3.04. The van der Waals surface area contributed by atoms with Crippen LogP contribution in [0.1, 0.15) is 5.56 Å². The van der Waals surface area contributed by atoms with Crippen LogP contribution in [0.15, 0.2) is 34.8 Å². The third-order valence-electron chi connectivity index (χ3n) is 2.40. The molecule has 3 heteroatoms. The summed E-state index contributed by atoms with van der Waals surface area (Å²) in [6, 6.07) is 6.02. The zero-order chi connectivity index (χ0) is 9.97. The number of rotatable bonds is 2. The van der Waals surface area contributed by atoms with E-state index in [0.717, 1.165) is 29.8 Å². The summed E-state index contributed by atoms with van der Waals surface area (Å²) >= 11 is 3.52. The van der Waals surface area contributed by atoms with Gasteiger partial charge in [-0.25, -0.2) is 0 Å². The van der Waals surface area contributed by atoms with Crippen molar-refractivity contribution in [2.75, 3.05) is 18.8 Å². The maximum atomic E-state index is 5.81. The van der Waals surface area contributed by atoms with Crippen LogP contribution < -0.4 is 5.73 Å². The summed E-state index contributed by atoms with van der Waals surface area (Å²) in [5, 5.41) is 0. The predicted molar refractivity (Wildman–Crippen MR) is 63.0 cm³/mol. The lowest BCUT2D eigenvalue weighted by molar-refractivity contribution is 0.345. The Morgan fingerprint density at radius 1 is 1.29 bits per heavy atom. The SMILES string of the molecule is Nc1cccc(CN2CC=CC2)c1Br. The maximum Gasteiger partial charge on any atom is 0.0461 e. The van der Waals surface area contributed by atoms with E-state index < -0.39 is 0 Å². The fraction of sp³-hybridized carbons (Fsp3) is 0.273. The minimum Gasteiger partial charge on any atom is -0.398 e. The highest BCUT2D eigenvalue weighted by atomic mass is 79.9. The Kier molecular flexibility index (Phi) is 2.89. The Morgan fingerprint density at radius 2 is 2.00 bits per heavy atom. The van der Waals surface area contributed by atoms with E-state index in [0.29, 0.717) is 0 Å². The van der Waals surface area contributed by atoms with Crippen molar-refractivity contribution in [2.45, 2.75) is 6.54 Å². The zero-order valence-electron chi connectivity index (χ0n) is 7.91. The minimum absolute atomic E-state index is 0.814. The van der Waals surface area contributed by atoms with E-state index >= 15 is 0 Å². The van der Waals surface area contributed by atoms with Crippen molar-refractivity contribution in [2.24, 2.45) is 0 Å². The summed E-state index contributed by atoms with van der Waals surface area (Å²) in [5.41, 5.74) is 7.89. The molecule has 0 amide bonds. The van der Waals surface area contributed by atoms with Crippen molar-refractivity contribution in [1.82, 2.24) is 4.90 Å². The van der Waals surface area contributed by atoms with Gasteiger partial charge >= 0.3 is 0 Å². The third kappa shape index (κ3) is 1.99. The highest BCUT2D eigenvalue weighted by Gasteiger charge is 2.09. The Labute approximate surface area is 92.5 Å². The zero-order valence-corrected chi connectivity index (χ0v) is 9.50. The molecule has 0 aromatic heterocycles. The quantitative estimate of drug-likeness (QED) is 0.647. The van der Waals surface area contributed by atoms with Gasteiger partial charge in [-0.15, -0.1) is 0 Å². The van der Waals surface area contributed by atoms with Gasteiger partial charge in [0.2, 0.25) is 0 Å². The monoisotopic (exact) mass is 252 g/mol. The van der Waals surface area contributed by atoms with Gasteiger partial charge in [-0.05, 0) is 27.6 Å². The summed E-state index contributed by atoms with van der Waals surface area (Å²) in [7, 11) is 0. The fourth-order valence-electron chi connectivity index (χ4n) is 1.61. The molecule has 0 saturated carbocycles. The molecule has 0 saturated heterocycles. The first kappa shape index (κ1) is 9.74. The highest BCUT2D eigenvalue weighted by Crippen LogP contribution is 2.25. The number of nitrogen functional groups attached to an aromatic ring is 1. The van der Waals surface area contributed by atoms with Crippen LogP contribution in [-0.2, 0) is 6.54 Å². The Bertz CT molecular complexity index is 352.